The normalized spacial score (nSPS) is 12.3. The second kappa shape index (κ2) is 15.2. The lowest BCUT2D eigenvalue weighted by Gasteiger charge is -2.08. The van der Waals surface area contributed by atoms with Crippen LogP contribution in [0.5, 0.6) is 0 Å². The van der Waals surface area contributed by atoms with Crippen LogP contribution in [0.25, 0.3) is 0 Å². The van der Waals surface area contributed by atoms with Crippen LogP contribution >= 0.6 is 11.6 Å². The lowest BCUT2D eigenvalue weighted by Crippen LogP contribution is -2.03. The Balaban J connectivity index is 3.19. The highest BCUT2D eigenvalue weighted by Crippen LogP contribution is 2.17. The SMILES string of the molecule is CCCCCCCCCCCC(Cl)CCCC(=O)OC. The third kappa shape index (κ3) is 14.2. The van der Waals surface area contributed by atoms with E-state index in [1.807, 2.05) is 0 Å². The van der Waals surface area contributed by atoms with E-state index in [9.17, 15) is 4.79 Å². The van der Waals surface area contributed by atoms with Gasteiger partial charge in [-0.3, -0.25) is 4.79 Å². The summed E-state index contributed by atoms with van der Waals surface area (Å²) in [6, 6.07) is 0. The molecule has 0 aliphatic heterocycles. The highest BCUT2D eigenvalue weighted by atomic mass is 35.5. The Morgan fingerprint density at radius 2 is 1.40 bits per heavy atom. The number of ether oxygens (including phenoxy) is 1. The van der Waals surface area contributed by atoms with Crippen molar-refractivity contribution in [2.24, 2.45) is 0 Å². The quantitative estimate of drug-likeness (QED) is 0.228. The predicted octanol–water partition coefficient (Wildman–Crippen LogP) is 5.86. The van der Waals surface area contributed by atoms with E-state index in [4.69, 9.17) is 11.6 Å². The van der Waals surface area contributed by atoms with E-state index in [1.165, 1.54) is 64.9 Å². The van der Waals surface area contributed by atoms with Gasteiger partial charge in [-0.25, -0.2) is 0 Å². The van der Waals surface area contributed by atoms with Crippen molar-refractivity contribution in [2.75, 3.05) is 7.11 Å². The van der Waals surface area contributed by atoms with E-state index in [1.54, 1.807) is 0 Å². The molecular weight excluding hydrogens is 272 g/mol. The number of carbonyl (C=O) groups excluding carboxylic acids is 1. The van der Waals surface area contributed by atoms with Crippen molar-refractivity contribution < 1.29 is 9.53 Å². The lowest BCUT2D eigenvalue weighted by atomic mass is 10.0. The minimum Gasteiger partial charge on any atom is -0.469 e. The summed E-state index contributed by atoms with van der Waals surface area (Å²) in [5, 5.41) is 0.226. The number of carbonyl (C=O) groups is 1. The Morgan fingerprint density at radius 1 is 0.900 bits per heavy atom. The Labute approximate surface area is 130 Å². The first kappa shape index (κ1) is 19.8. The zero-order valence-electron chi connectivity index (χ0n) is 13.5. The fourth-order valence-electron chi connectivity index (χ4n) is 2.39. The number of hydrogen-bond acceptors (Lipinski definition) is 2. The molecule has 0 aromatic rings. The first-order valence-electron chi connectivity index (χ1n) is 8.41. The molecule has 20 heavy (non-hydrogen) atoms. The van der Waals surface area contributed by atoms with E-state index >= 15 is 0 Å². The maximum absolute atomic E-state index is 11.0. The van der Waals surface area contributed by atoms with Gasteiger partial charge in [0.15, 0.2) is 0 Å². The maximum atomic E-state index is 11.0. The smallest absolute Gasteiger partial charge is 0.305 e. The van der Waals surface area contributed by atoms with Crippen LogP contribution in [-0.2, 0) is 9.53 Å². The van der Waals surface area contributed by atoms with Gasteiger partial charge in [0.2, 0.25) is 0 Å². The van der Waals surface area contributed by atoms with E-state index in [-0.39, 0.29) is 11.3 Å². The standard InChI is InChI=1S/C17H33ClO2/c1-3-4-5-6-7-8-9-10-11-13-16(18)14-12-15-17(19)20-2/h16H,3-15H2,1-2H3. The molecule has 3 heteroatoms. The number of methoxy groups -OCH3 is 1. The number of halogens is 1. The van der Waals surface area contributed by atoms with Crippen LogP contribution in [0.15, 0.2) is 0 Å². The molecule has 120 valence electrons. The topological polar surface area (TPSA) is 26.3 Å². The molecule has 0 aliphatic carbocycles. The molecule has 0 amide bonds. The molecule has 0 aromatic carbocycles. The highest BCUT2D eigenvalue weighted by Gasteiger charge is 2.06. The Kier molecular flexibility index (Phi) is 15.0. The molecule has 0 heterocycles. The molecular formula is C17H33ClO2. The summed E-state index contributed by atoms with van der Waals surface area (Å²) in [5.41, 5.74) is 0. The summed E-state index contributed by atoms with van der Waals surface area (Å²) in [6.07, 6.45) is 15.5. The zero-order valence-corrected chi connectivity index (χ0v) is 14.2. The lowest BCUT2D eigenvalue weighted by molar-refractivity contribution is -0.140. The molecule has 0 bridgehead atoms. The molecule has 0 N–H and O–H groups in total. The van der Waals surface area contributed by atoms with Gasteiger partial charge in [-0.05, 0) is 19.3 Å². The summed E-state index contributed by atoms with van der Waals surface area (Å²) in [7, 11) is 1.43. The van der Waals surface area contributed by atoms with Gasteiger partial charge in [-0.1, -0.05) is 64.7 Å². The van der Waals surface area contributed by atoms with Crippen LogP contribution < -0.4 is 0 Å². The van der Waals surface area contributed by atoms with Crippen LogP contribution in [0.4, 0.5) is 0 Å². The summed E-state index contributed by atoms with van der Waals surface area (Å²) in [5.74, 6) is -0.128. The van der Waals surface area contributed by atoms with Crippen LogP contribution in [0.2, 0.25) is 0 Å². The van der Waals surface area contributed by atoms with Gasteiger partial charge in [0.05, 0.1) is 7.11 Å². The van der Waals surface area contributed by atoms with Gasteiger partial charge in [0, 0.05) is 11.8 Å². The Hall–Kier alpha value is -0.240. The summed E-state index contributed by atoms with van der Waals surface area (Å²) in [4.78, 5) is 11.0. The van der Waals surface area contributed by atoms with E-state index in [0.29, 0.717) is 6.42 Å². The average Bonchev–Trinajstić information content (AvgIpc) is 2.45. The van der Waals surface area contributed by atoms with Crippen molar-refractivity contribution in [1.29, 1.82) is 0 Å². The second-order valence-corrected chi connectivity index (χ2v) is 6.30. The fourth-order valence-corrected chi connectivity index (χ4v) is 2.70. The third-order valence-corrected chi connectivity index (χ3v) is 4.18. The number of unbranched alkanes of at least 4 members (excludes halogenated alkanes) is 8. The van der Waals surface area contributed by atoms with Crippen molar-refractivity contribution in [3.8, 4) is 0 Å². The van der Waals surface area contributed by atoms with Gasteiger partial charge in [-0.2, -0.15) is 0 Å². The van der Waals surface area contributed by atoms with Crippen molar-refractivity contribution in [1.82, 2.24) is 0 Å². The summed E-state index contributed by atoms with van der Waals surface area (Å²) < 4.78 is 4.61. The molecule has 1 atom stereocenters. The fraction of sp³-hybridized carbons (Fsp3) is 0.941. The van der Waals surface area contributed by atoms with E-state index in [2.05, 4.69) is 11.7 Å². The summed E-state index contributed by atoms with van der Waals surface area (Å²) in [6.45, 7) is 2.26. The minimum absolute atomic E-state index is 0.128. The van der Waals surface area contributed by atoms with Gasteiger partial charge >= 0.3 is 5.97 Å². The minimum atomic E-state index is -0.128. The van der Waals surface area contributed by atoms with Crippen LogP contribution in [0, 0.1) is 0 Å². The molecule has 2 nitrogen and oxygen atoms in total. The average molecular weight is 305 g/mol. The molecule has 0 radical (unpaired) electrons. The zero-order chi connectivity index (χ0) is 15.1. The van der Waals surface area contributed by atoms with Crippen LogP contribution in [-0.4, -0.2) is 18.5 Å². The number of rotatable bonds is 14. The molecule has 0 saturated heterocycles. The molecule has 1 unspecified atom stereocenters. The van der Waals surface area contributed by atoms with Crippen molar-refractivity contribution in [3.05, 3.63) is 0 Å². The Bertz CT molecular complexity index is 219. The largest absolute Gasteiger partial charge is 0.469 e. The molecule has 0 fully saturated rings. The summed E-state index contributed by atoms with van der Waals surface area (Å²) >= 11 is 6.25. The highest BCUT2D eigenvalue weighted by molar-refractivity contribution is 6.20. The van der Waals surface area contributed by atoms with Crippen molar-refractivity contribution >= 4 is 17.6 Å². The molecule has 0 spiro atoms. The third-order valence-electron chi connectivity index (χ3n) is 3.75. The molecule has 0 saturated carbocycles. The monoisotopic (exact) mass is 304 g/mol. The first-order chi connectivity index (χ1) is 9.70. The number of esters is 1. The van der Waals surface area contributed by atoms with Gasteiger partial charge in [0.1, 0.15) is 0 Å². The van der Waals surface area contributed by atoms with Gasteiger partial charge < -0.3 is 4.74 Å². The van der Waals surface area contributed by atoms with Crippen LogP contribution in [0.3, 0.4) is 0 Å². The molecule has 0 rings (SSSR count). The van der Waals surface area contributed by atoms with E-state index < -0.39 is 0 Å². The van der Waals surface area contributed by atoms with Crippen molar-refractivity contribution in [2.45, 2.75) is 95.8 Å². The predicted molar refractivity (Wildman–Crippen MR) is 87.4 cm³/mol. The van der Waals surface area contributed by atoms with Crippen molar-refractivity contribution in [3.63, 3.8) is 0 Å². The van der Waals surface area contributed by atoms with E-state index in [0.717, 1.165) is 19.3 Å². The number of alkyl halides is 1. The Morgan fingerprint density at radius 3 is 1.95 bits per heavy atom. The first-order valence-corrected chi connectivity index (χ1v) is 8.85. The van der Waals surface area contributed by atoms with Gasteiger partial charge in [-0.15, -0.1) is 11.6 Å². The maximum Gasteiger partial charge on any atom is 0.305 e. The van der Waals surface area contributed by atoms with Crippen LogP contribution in [0.1, 0.15) is 90.4 Å². The molecule has 0 aromatic heterocycles. The number of hydrogen-bond donors (Lipinski definition) is 0. The molecule has 0 aliphatic rings. The van der Waals surface area contributed by atoms with Gasteiger partial charge in [0.25, 0.3) is 0 Å². The second-order valence-electron chi connectivity index (χ2n) is 5.68.